The Kier molecular flexibility index (Phi) is 6.94. The molecule has 1 atom stereocenters. The summed E-state index contributed by atoms with van der Waals surface area (Å²) < 4.78 is 61.0. The predicted octanol–water partition coefficient (Wildman–Crippen LogP) is 5.68. The summed E-state index contributed by atoms with van der Waals surface area (Å²) in [5.41, 5.74) is -2.58. The predicted molar refractivity (Wildman–Crippen MR) is 110 cm³/mol. The van der Waals surface area contributed by atoms with Gasteiger partial charge in [-0.3, -0.25) is 0 Å². The number of hydrogen-bond acceptors (Lipinski definition) is 4. The minimum absolute atomic E-state index is 0.146. The van der Waals surface area contributed by atoms with Gasteiger partial charge in [0.2, 0.25) is 0 Å². The van der Waals surface area contributed by atoms with E-state index in [2.05, 4.69) is 9.36 Å². The molecule has 0 aliphatic rings. The van der Waals surface area contributed by atoms with Crippen LogP contribution in [0, 0.1) is 13.8 Å². The van der Waals surface area contributed by atoms with Crippen molar-refractivity contribution in [3.63, 3.8) is 0 Å². The van der Waals surface area contributed by atoms with E-state index < -0.39 is 20.1 Å². The molecule has 0 heterocycles. The van der Waals surface area contributed by atoms with Gasteiger partial charge in [-0.2, -0.15) is 13.2 Å². The topological polar surface area (TPSA) is 54.3 Å². The summed E-state index contributed by atoms with van der Waals surface area (Å²) in [7, 11) is -1.75. The average molecular weight is 427 g/mol. The van der Waals surface area contributed by atoms with E-state index >= 15 is 0 Å². The van der Waals surface area contributed by atoms with E-state index in [0.29, 0.717) is 5.75 Å². The lowest BCUT2D eigenvalue weighted by Gasteiger charge is -2.15. The third-order valence-electron chi connectivity index (χ3n) is 4.31. The van der Waals surface area contributed by atoms with Gasteiger partial charge in [0, 0.05) is 20.6 Å². The molecule has 0 saturated carbocycles. The Morgan fingerprint density at radius 3 is 2.45 bits per heavy atom. The van der Waals surface area contributed by atoms with Crippen molar-refractivity contribution >= 4 is 21.8 Å². The molecule has 9 heteroatoms. The van der Waals surface area contributed by atoms with Crippen molar-refractivity contribution in [3.05, 3.63) is 47.5 Å². The molecule has 0 aliphatic heterocycles. The lowest BCUT2D eigenvalue weighted by Crippen LogP contribution is -2.23. The Labute approximate surface area is 169 Å². The molecule has 158 valence electrons. The number of aliphatic imine (C=N–C) groups is 1. The van der Waals surface area contributed by atoms with E-state index in [1.807, 2.05) is 38.8 Å². The molecule has 0 N–H and O–H groups in total. The number of aryl methyl sites for hydroxylation is 2. The van der Waals surface area contributed by atoms with Gasteiger partial charge in [0.05, 0.1) is 16.9 Å². The number of ether oxygens (including phenoxy) is 1. The van der Waals surface area contributed by atoms with Gasteiger partial charge >= 0.3 is 5.51 Å². The Morgan fingerprint density at radius 1 is 1.17 bits per heavy atom. The first-order valence-corrected chi connectivity index (χ1v) is 10.4. The number of hydrogen-bond donors (Lipinski definition) is 0. The van der Waals surface area contributed by atoms with E-state index in [1.54, 1.807) is 12.4 Å². The molecule has 0 saturated heterocycles. The van der Waals surface area contributed by atoms with E-state index in [-0.39, 0.29) is 5.75 Å². The van der Waals surface area contributed by atoms with Gasteiger partial charge in [-0.25, -0.2) is 13.6 Å². The summed E-state index contributed by atoms with van der Waals surface area (Å²) in [6.07, 6.45) is 1.73. The van der Waals surface area contributed by atoms with Crippen LogP contribution in [0.5, 0.6) is 11.5 Å². The van der Waals surface area contributed by atoms with Crippen molar-refractivity contribution in [2.24, 2.45) is 9.36 Å². The lowest BCUT2D eigenvalue weighted by atomic mass is 10.1. The van der Waals surface area contributed by atoms with Crippen LogP contribution in [0.4, 0.5) is 18.9 Å². The summed E-state index contributed by atoms with van der Waals surface area (Å²) >= 11 is 0. The van der Waals surface area contributed by atoms with Gasteiger partial charge in [-0.15, -0.1) is 0 Å². The molecule has 0 aromatic heterocycles. The third-order valence-corrected chi connectivity index (χ3v) is 6.34. The zero-order valence-electron chi connectivity index (χ0n) is 16.9. The van der Waals surface area contributed by atoms with Crippen LogP contribution in [-0.4, -0.2) is 41.6 Å². The third kappa shape index (κ3) is 5.09. The molecule has 0 aliphatic carbocycles. The molecule has 0 spiro atoms. The fourth-order valence-corrected chi connectivity index (χ4v) is 3.67. The molecular weight excluding hydrogens is 403 g/mol. The van der Waals surface area contributed by atoms with Crippen LogP contribution in [-0.2, 0) is 9.73 Å². The molecule has 29 heavy (non-hydrogen) atoms. The second-order valence-electron chi connectivity index (χ2n) is 6.45. The van der Waals surface area contributed by atoms with Gasteiger partial charge in [0.1, 0.15) is 11.5 Å². The number of nitrogens with zero attached hydrogens (tertiary/aromatic N) is 3. The molecule has 0 bridgehead atoms. The fourth-order valence-electron chi connectivity index (χ4n) is 2.45. The summed E-state index contributed by atoms with van der Waals surface area (Å²) in [6, 6.07) is 8.73. The second-order valence-corrected chi connectivity index (χ2v) is 8.80. The van der Waals surface area contributed by atoms with Crippen molar-refractivity contribution in [2.45, 2.75) is 31.2 Å². The van der Waals surface area contributed by atoms with Gasteiger partial charge < -0.3 is 9.64 Å². The summed E-state index contributed by atoms with van der Waals surface area (Å²) in [5, 5.41) is 0. The molecule has 0 fully saturated rings. The highest BCUT2D eigenvalue weighted by Crippen LogP contribution is 2.36. The van der Waals surface area contributed by atoms with E-state index in [0.717, 1.165) is 42.5 Å². The zero-order chi connectivity index (χ0) is 21.8. The first-order chi connectivity index (χ1) is 13.5. The van der Waals surface area contributed by atoms with Crippen LogP contribution in [0.1, 0.15) is 18.1 Å². The van der Waals surface area contributed by atoms with E-state index in [1.165, 1.54) is 12.1 Å². The molecule has 5 nitrogen and oxygen atoms in total. The number of halogens is 3. The summed E-state index contributed by atoms with van der Waals surface area (Å²) in [4.78, 5) is 5.93. The number of benzene rings is 2. The Morgan fingerprint density at radius 2 is 1.86 bits per heavy atom. The lowest BCUT2D eigenvalue weighted by molar-refractivity contribution is -0.0403. The van der Waals surface area contributed by atoms with E-state index in [4.69, 9.17) is 4.74 Å². The van der Waals surface area contributed by atoms with Crippen LogP contribution in [0.15, 0.2) is 50.6 Å². The second kappa shape index (κ2) is 8.86. The van der Waals surface area contributed by atoms with Crippen molar-refractivity contribution in [1.29, 1.82) is 0 Å². The molecule has 1 unspecified atom stereocenters. The van der Waals surface area contributed by atoms with Gasteiger partial charge in [-0.05, 0) is 62.2 Å². The quantitative estimate of drug-likeness (QED) is 0.440. The Bertz CT molecular complexity index is 1030. The Hall–Kier alpha value is -2.55. The highest BCUT2D eigenvalue weighted by atomic mass is 32.2. The fraction of sp³-hybridized carbons (Fsp3) is 0.350. The number of rotatable bonds is 6. The van der Waals surface area contributed by atoms with Crippen molar-refractivity contribution in [3.8, 4) is 11.5 Å². The maximum absolute atomic E-state index is 13.2. The number of alkyl halides is 3. The largest absolute Gasteiger partial charge is 0.483 e. The van der Waals surface area contributed by atoms with Crippen molar-refractivity contribution in [2.75, 3.05) is 20.6 Å². The average Bonchev–Trinajstić information content (AvgIpc) is 2.67. The molecule has 0 radical (unpaired) electrons. The zero-order valence-corrected chi connectivity index (χ0v) is 17.8. The molecule has 2 rings (SSSR count). The van der Waals surface area contributed by atoms with Crippen molar-refractivity contribution in [1.82, 2.24) is 4.90 Å². The van der Waals surface area contributed by atoms with E-state index in [9.17, 15) is 17.4 Å². The first kappa shape index (κ1) is 22.7. The highest BCUT2D eigenvalue weighted by molar-refractivity contribution is 7.94. The smallest absolute Gasteiger partial charge is 0.457 e. The highest BCUT2D eigenvalue weighted by Gasteiger charge is 2.44. The van der Waals surface area contributed by atoms with Crippen LogP contribution in [0.25, 0.3) is 0 Å². The van der Waals surface area contributed by atoms with Gasteiger partial charge in [0.25, 0.3) is 0 Å². The van der Waals surface area contributed by atoms with Crippen LogP contribution in [0.3, 0.4) is 0 Å². The molecule has 2 aromatic rings. The van der Waals surface area contributed by atoms with Crippen LogP contribution >= 0.6 is 0 Å². The van der Waals surface area contributed by atoms with Crippen LogP contribution < -0.4 is 4.74 Å². The Balaban J connectivity index is 2.38. The SMILES string of the molecule is CCN(C)/C=N\c1cc(C)c(Oc2cccc(S(=O)(=NC)C(F)(F)F)c2)cc1C. The molecule has 0 amide bonds. The maximum atomic E-state index is 13.2. The minimum atomic E-state index is -4.97. The maximum Gasteiger partial charge on any atom is 0.483 e. The minimum Gasteiger partial charge on any atom is -0.457 e. The normalized spacial score (nSPS) is 13.9. The van der Waals surface area contributed by atoms with Crippen LogP contribution in [0.2, 0.25) is 0 Å². The molecular formula is C20H24F3N3O2S. The first-order valence-electron chi connectivity index (χ1n) is 8.87. The monoisotopic (exact) mass is 427 g/mol. The van der Waals surface area contributed by atoms with Crippen molar-refractivity contribution < 1.29 is 22.1 Å². The van der Waals surface area contributed by atoms with Gasteiger partial charge in [-0.1, -0.05) is 6.07 Å². The summed E-state index contributed by atoms with van der Waals surface area (Å²) in [6.45, 7) is 6.53. The standard InChI is InChI=1S/C20H24F3N3O2S/c1-6-26(5)13-25-18-10-15(3)19(11-14(18)2)28-16-8-7-9-17(12-16)29(27,24-4)20(21,22)23/h7-13H,6H2,1-5H3/b25-13-. The molecule has 2 aromatic carbocycles. The van der Waals surface area contributed by atoms with Gasteiger partial charge in [0.15, 0.2) is 9.73 Å². The summed E-state index contributed by atoms with van der Waals surface area (Å²) in [5.74, 6) is 0.627.